The van der Waals surface area contributed by atoms with Gasteiger partial charge in [-0.1, -0.05) is 18.2 Å². The van der Waals surface area contributed by atoms with E-state index in [2.05, 4.69) is 5.32 Å². The predicted octanol–water partition coefficient (Wildman–Crippen LogP) is 1.66. The molecule has 0 spiro atoms. The van der Waals surface area contributed by atoms with Crippen molar-refractivity contribution in [1.82, 2.24) is 5.32 Å². The van der Waals surface area contributed by atoms with Crippen LogP contribution in [0.3, 0.4) is 0 Å². The number of hydrogen-bond acceptors (Lipinski definition) is 4. The second-order valence-corrected chi connectivity index (χ2v) is 6.39. The van der Waals surface area contributed by atoms with Crippen molar-refractivity contribution in [3.05, 3.63) is 59.7 Å². The molecular weight excluding hydrogens is 316 g/mol. The van der Waals surface area contributed by atoms with Gasteiger partial charge in [0.25, 0.3) is 5.91 Å². The molecule has 2 aromatic carbocycles. The normalized spacial score (nSPS) is 11.0. The quantitative estimate of drug-likeness (QED) is 0.839. The Kier molecular flexibility index (Phi) is 5.36. The standard InChI is InChI=1S/C16H18N2O4S/c1-2-22-14-5-3-4-13(10-14)16(19)18-11-12-6-8-15(9-7-12)23(17,20)21/h3-10H,2,11H2,1H3,(H,18,19)(H2,17,20,21). The van der Waals surface area contributed by atoms with Crippen LogP contribution in [0.25, 0.3) is 0 Å². The summed E-state index contributed by atoms with van der Waals surface area (Å²) in [6.07, 6.45) is 0. The van der Waals surface area contributed by atoms with Crippen LogP contribution in [0.1, 0.15) is 22.8 Å². The van der Waals surface area contributed by atoms with Crippen LogP contribution in [-0.2, 0) is 16.6 Å². The Morgan fingerprint density at radius 2 is 1.87 bits per heavy atom. The Morgan fingerprint density at radius 1 is 1.17 bits per heavy atom. The van der Waals surface area contributed by atoms with Crippen LogP contribution in [-0.4, -0.2) is 20.9 Å². The Balaban J connectivity index is 2.00. The molecule has 0 aliphatic heterocycles. The number of benzene rings is 2. The van der Waals surface area contributed by atoms with Gasteiger partial charge in [0.1, 0.15) is 5.75 Å². The maximum absolute atomic E-state index is 12.1. The molecule has 0 heterocycles. The SMILES string of the molecule is CCOc1cccc(C(=O)NCc2ccc(S(N)(=O)=O)cc2)c1. The molecule has 0 saturated heterocycles. The highest BCUT2D eigenvalue weighted by molar-refractivity contribution is 7.89. The minimum Gasteiger partial charge on any atom is -0.494 e. The van der Waals surface area contributed by atoms with Crippen molar-refractivity contribution in [2.24, 2.45) is 5.14 Å². The van der Waals surface area contributed by atoms with Crippen molar-refractivity contribution >= 4 is 15.9 Å². The molecule has 2 rings (SSSR count). The van der Waals surface area contributed by atoms with Crippen LogP contribution in [0.2, 0.25) is 0 Å². The lowest BCUT2D eigenvalue weighted by Crippen LogP contribution is -2.22. The lowest BCUT2D eigenvalue weighted by atomic mass is 10.2. The summed E-state index contributed by atoms with van der Waals surface area (Å²) in [5, 5.41) is 7.80. The summed E-state index contributed by atoms with van der Waals surface area (Å²) in [5.74, 6) is 0.403. The van der Waals surface area contributed by atoms with Gasteiger partial charge in [-0.3, -0.25) is 4.79 Å². The fourth-order valence-electron chi connectivity index (χ4n) is 1.98. The predicted molar refractivity (Wildman–Crippen MR) is 86.6 cm³/mol. The Morgan fingerprint density at radius 3 is 2.48 bits per heavy atom. The summed E-state index contributed by atoms with van der Waals surface area (Å²) < 4.78 is 27.7. The van der Waals surface area contributed by atoms with Crippen LogP contribution >= 0.6 is 0 Å². The molecule has 0 radical (unpaired) electrons. The third-order valence-electron chi connectivity index (χ3n) is 3.11. The third-order valence-corrected chi connectivity index (χ3v) is 4.04. The second-order valence-electron chi connectivity index (χ2n) is 4.83. The number of nitrogens with one attached hydrogen (secondary N) is 1. The number of nitrogens with two attached hydrogens (primary N) is 1. The maximum atomic E-state index is 12.1. The molecular formula is C16H18N2O4S. The van der Waals surface area contributed by atoms with Gasteiger partial charge in [-0.05, 0) is 42.8 Å². The van der Waals surface area contributed by atoms with Gasteiger partial charge in [0.2, 0.25) is 10.0 Å². The van der Waals surface area contributed by atoms with Crippen molar-refractivity contribution in [3.8, 4) is 5.75 Å². The van der Waals surface area contributed by atoms with E-state index in [1.807, 2.05) is 6.92 Å². The monoisotopic (exact) mass is 334 g/mol. The molecule has 0 unspecified atom stereocenters. The summed E-state index contributed by atoms with van der Waals surface area (Å²) in [7, 11) is -3.71. The molecule has 0 bridgehead atoms. The highest BCUT2D eigenvalue weighted by Gasteiger charge is 2.09. The molecule has 0 fully saturated rings. The van der Waals surface area contributed by atoms with Crippen molar-refractivity contribution in [3.63, 3.8) is 0 Å². The molecule has 0 aliphatic rings. The molecule has 1 amide bonds. The summed E-state index contributed by atoms with van der Waals surface area (Å²) in [4.78, 5) is 12.2. The number of carbonyl (C=O) groups is 1. The highest BCUT2D eigenvalue weighted by Crippen LogP contribution is 2.13. The topological polar surface area (TPSA) is 98.5 Å². The smallest absolute Gasteiger partial charge is 0.251 e. The van der Waals surface area contributed by atoms with Gasteiger partial charge >= 0.3 is 0 Å². The molecule has 3 N–H and O–H groups in total. The van der Waals surface area contributed by atoms with Gasteiger partial charge in [-0.25, -0.2) is 13.6 Å². The lowest BCUT2D eigenvalue weighted by molar-refractivity contribution is 0.0950. The van der Waals surface area contributed by atoms with Gasteiger partial charge in [0.15, 0.2) is 0 Å². The van der Waals surface area contributed by atoms with E-state index in [-0.39, 0.29) is 17.3 Å². The van der Waals surface area contributed by atoms with E-state index in [1.165, 1.54) is 12.1 Å². The molecule has 6 nitrogen and oxygen atoms in total. The van der Waals surface area contributed by atoms with E-state index in [0.717, 1.165) is 5.56 Å². The number of ether oxygens (including phenoxy) is 1. The summed E-state index contributed by atoms with van der Waals surface area (Å²) in [6.45, 7) is 2.68. The number of rotatable bonds is 6. The summed E-state index contributed by atoms with van der Waals surface area (Å²) in [6, 6.07) is 12.9. The van der Waals surface area contributed by atoms with E-state index in [9.17, 15) is 13.2 Å². The number of primary sulfonamides is 1. The van der Waals surface area contributed by atoms with E-state index in [0.29, 0.717) is 17.9 Å². The first kappa shape index (κ1) is 17.0. The van der Waals surface area contributed by atoms with Gasteiger partial charge in [0.05, 0.1) is 11.5 Å². The molecule has 122 valence electrons. The average Bonchev–Trinajstić information content (AvgIpc) is 2.53. The molecule has 2 aromatic rings. The van der Waals surface area contributed by atoms with Crippen molar-refractivity contribution in [1.29, 1.82) is 0 Å². The molecule has 23 heavy (non-hydrogen) atoms. The second kappa shape index (κ2) is 7.26. The van der Waals surface area contributed by atoms with E-state index < -0.39 is 10.0 Å². The molecule has 0 aromatic heterocycles. The van der Waals surface area contributed by atoms with Crippen molar-refractivity contribution in [2.45, 2.75) is 18.4 Å². The van der Waals surface area contributed by atoms with Crippen LogP contribution in [0.5, 0.6) is 5.75 Å². The van der Waals surface area contributed by atoms with Crippen molar-refractivity contribution in [2.75, 3.05) is 6.61 Å². The van der Waals surface area contributed by atoms with Gasteiger partial charge in [-0.15, -0.1) is 0 Å². The van der Waals surface area contributed by atoms with E-state index in [1.54, 1.807) is 36.4 Å². The number of hydrogen-bond donors (Lipinski definition) is 2. The zero-order chi connectivity index (χ0) is 16.9. The minimum absolute atomic E-state index is 0.0389. The van der Waals surface area contributed by atoms with Gasteiger partial charge < -0.3 is 10.1 Å². The minimum atomic E-state index is -3.71. The molecule has 0 aliphatic carbocycles. The van der Waals surface area contributed by atoms with Crippen LogP contribution in [0.4, 0.5) is 0 Å². The first-order chi connectivity index (χ1) is 10.9. The first-order valence-electron chi connectivity index (χ1n) is 7.03. The fraction of sp³-hybridized carbons (Fsp3) is 0.188. The molecule has 0 saturated carbocycles. The van der Waals surface area contributed by atoms with Crippen LogP contribution < -0.4 is 15.2 Å². The number of amides is 1. The lowest BCUT2D eigenvalue weighted by Gasteiger charge is -2.08. The van der Waals surface area contributed by atoms with Crippen LogP contribution in [0.15, 0.2) is 53.4 Å². The summed E-state index contributed by atoms with van der Waals surface area (Å²) in [5.41, 5.74) is 1.27. The molecule has 7 heteroatoms. The Bertz CT molecular complexity index is 786. The highest BCUT2D eigenvalue weighted by atomic mass is 32.2. The average molecular weight is 334 g/mol. The number of carbonyl (C=O) groups excluding carboxylic acids is 1. The maximum Gasteiger partial charge on any atom is 0.251 e. The first-order valence-corrected chi connectivity index (χ1v) is 8.57. The third kappa shape index (κ3) is 4.80. The van der Waals surface area contributed by atoms with Crippen LogP contribution in [0, 0.1) is 0 Å². The van der Waals surface area contributed by atoms with E-state index >= 15 is 0 Å². The fourth-order valence-corrected chi connectivity index (χ4v) is 2.49. The zero-order valence-electron chi connectivity index (χ0n) is 12.7. The number of sulfonamides is 1. The summed E-state index contributed by atoms with van der Waals surface area (Å²) >= 11 is 0. The molecule has 0 atom stereocenters. The Labute approximate surface area is 135 Å². The van der Waals surface area contributed by atoms with Gasteiger partial charge in [0, 0.05) is 12.1 Å². The van der Waals surface area contributed by atoms with Crippen molar-refractivity contribution < 1.29 is 17.9 Å². The van der Waals surface area contributed by atoms with Gasteiger partial charge in [-0.2, -0.15) is 0 Å². The zero-order valence-corrected chi connectivity index (χ0v) is 13.5. The Hall–Kier alpha value is -2.38. The largest absolute Gasteiger partial charge is 0.494 e. The van der Waals surface area contributed by atoms with E-state index in [4.69, 9.17) is 9.88 Å².